The highest BCUT2D eigenvalue weighted by molar-refractivity contribution is 5.25. The Morgan fingerprint density at radius 1 is 1.26 bits per heavy atom. The topological polar surface area (TPSA) is 25.4 Å². The van der Waals surface area contributed by atoms with Crippen molar-refractivity contribution in [1.29, 1.82) is 0 Å². The first-order valence-electron chi connectivity index (χ1n) is 8.09. The van der Waals surface area contributed by atoms with Crippen LogP contribution in [0.25, 0.3) is 0 Å². The molecular formula is C19H23FN2O. The Morgan fingerprint density at radius 2 is 2.13 bits per heavy atom. The van der Waals surface area contributed by atoms with Gasteiger partial charge in [0.1, 0.15) is 11.6 Å². The first kappa shape index (κ1) is 15.9. The van der Waals surface area contributed by atoms with Gasteiger partial charge in [0, 0.05) is 19.3 Å². The molecule has 1 atom stereocenters. The SMILES string of the molecule is COc1cncc(CN2CCC(Cc3ccc(F)c(C)c3)C2)c1. The molecule has 1 aliphatic rings. The molecule has 0 radical (unpaired) electrons. The van der Waals surface area contributed by atoms with Crippen molar-refractivity contribution in [2.24, 2.45) is 5.92 Å². The Bertz CT molecular complexity index is 674. The predicted octanol–water partition coefficient (Wildman–Crippen LogP) is 3.60. The number of halogens is 1. The van der Waals surface area contributed by atoms with Crippen LogP contribution in [0.4, 0.5) is 4.39 Å². The monoisotopic (exact) mass is 314 g/mol. The molecule has 1 aliphatic heterocycles. The highest BCUT2D eigenvalue weighted by atomic mass is 19.1. The van der Waals surface area contributed by atoms with Gasteiger partial charge in [0.15, 0.2) is 0 Å². The maximum absolute atomic E-state index is 13.4. The van der Waals surface area contributed by atoms with Gasteiger partial charge in [-0.2, -0.15) is 0 Å². The fourth-order valence-electron chi connectivity index (χ4n) is 3.31. The number of hydrogen-bond donors (Lipinski definition) is 0. The molecule has 3 rings (SSSR count). The van der Waals surface area contributed by atoms with Gasteiger partial charge in [-0.15, -0.1) is 0 Å². The summed E-state index contributed by atoms with van der Waals surface area (Å²) >= 11 is 0. The molecular weight excluding hydrogens is 291 g/mol. The molecule has 1 unspecified atom stereocenters. The van der Waals surface area contributed by atoms with Gasteiger partial charge in [0.25, 0.3) is 0 Å². The van der Waals surface area contributed by atoms with E-state index in [1.54, 1.807) is 19.4 Å². The molecule has 3 nitrogen and oxygen atoms in total. The van der Waals surface area contributed by atoms with E-state index in [-0.39, 0.29) is 5.82 Å². The lowest BCUT2D eigenvalue weighted by atomic mass is 9.97. The van der Waals surface area contributed by atoms with E-state index in [9.17, 15) is 4.39 Å². The van der Waals surface area contributed by atoms with Crippen LogP contribution in [0.15, 0.2) is 36.7 Å². The van der Waals surface area contributed by atoms with E-state index in [1.807, 2.05) is 31.3 Å². The summed E-state index contributed by atoms with van der Waals surface area (Å²) in [4.78, 5) is 6.67. The van der Waals surface area contributed by atoms with Crippen molar-refractivity contribution in [1.82, 2.24) is 9.88 Å². The van der Waals surface area contributed by atoms with Crippen molar-refractivity contribution in [2.75, 3.05) is 20.2 Å². The van der Waals surface area contributed by atoms with E-state index >= 15 is 0 Å². The smallest absolute Gasteiger partial charge is 0.137 e. The number of pyridine rings is 1. The first-order chi connectivity index (χ1) is 11.1. The van der Waals surface area contributed by atoms with Crippen molar-refractivity contribution >= 4 is 0 Å². The van der Waals surface area contributed by atoms with E-state index in [2.05, 4.69) is 9.88 Å². The summed E-state index contributed by atoms with van der Waals surface area (Å²) in [5, 5.41) is 0. The summed E-state index contributed by atoms with van der Waals surface area (Å²) in [5.74, 6) is 1.32. The zero-order valence-corrected chi connectivity index (χ0v) is 13.8. The summed E-state index contributed by atoms with van der Waals surface area (Å²) < 4.78 is 18.6. The third-order valence-corrected chi connectivity index (χ3v) is 4.53. The van der Waals surface area contributed by atoms with Crippen molar-refractivity contribution in [3.63, 3.8) is 0 Å². The van der Waals surface area contributed by atoms with Crippen LogP contribution in [-0.4, -0.2) is 30.1 Å². The van der Waals surface area contributed by atoms with Gasteiger partial charge in [-0.25, -0.2) is 4.39 Å². The highest BCUT2D eigenvalue weighted by Crippen LogP contribution is 2.24. The molecule has 4 heteroatoms. The molecule has 1 saturated heterocycles. The molecule has 122 valence electrons. The Balaban J connectivity index is 1.56. The Morgan fingerprint density at radius 3 is 2.91 bits per heavy atom. The number of nitrogens with zero attached hydrogens (tertiary/aromatic N) is 2. The minimum Gasteiger partial charge on any atom is -0.495 e. The summed E-state index contributed by atoms with van der Waals surface area (Å²) in [6.07, 6.45) is 5.84. The lowest BCUT2D eigenvalue weighted by Crippen LogP contribution is -2.20. The van der Waals surface area contributed by atoms with Crippen molar-refractivity contribution in [3.05, 3.63) is 59.2 Å². The number of aryl methyl sites for hydroxylation is 1. The number of likely N-dealkylation sites (tertiary alicyclic amines) is 1. The second-order valence-electron chi connectivity index (χ2n) is 6.41. The average Bonchev–Trinajstić information content (AvgIpc) is 2.98. The zero-order chi connectivity index (χ0) is 16.2. The first-order valence-corrected chi connectivity index (χ1v) is 8.09. The quantitative estimate of drug-likeness (QED) is 0.843. The third kappa shape index (κ3) is 4.08. The van der Waals surface area contributed by atoms with Crippen LogP contribution < -0.4 is 4.74 Å². The molecule has 23 heavy (non-hydrogen) atoms. The van der Waals surface area contributed by atoms with E-state index in [0.717, 1.165) is 37.4 Å². The lowest BCUT2D eigenvalue weighted by Gasteiger charge is -2.16. The standard InChI is InChI=1S/C19H23FN2O/c1-14-7-15(3-4-19(14)20)8-16-5-6-22(12-16)13-17-9-18(23-2)11-21-10-17/h3-4,7,9-11,16H,5-6,8,12-13H2,1-2H3. The number of hydrogen-bond acceptors (Lipinski definition) is 3. The molecule has 1 fully saturated rings. The fraction of sp³-hybridized carbons (Fsp3) is 0.421. The maximum atomic E-state index is 13.4. The van der Waals surface area contributed by atoms with Gasteiger partial charge in [0.2, 0.25) is 0 Å². The van der Waals surface area contributed by atoms with Gasteiger partial charge in [-0.1, -0.05) is 12.1 Å². The Labute approximate surface area is 137 Å². The summed E-state index contributed by atoms with van der Waals surface area (Å²) in [6, 6.07) is 7.52. The van der Waals surface area contributed by atoms with Crippen LogP contribution >= 0.6 is 0 Å². The molecule has 0 amide bonds. The highest BCUT2D eigenvalue weighted by Gasteiger charge is 2.23. The van der Waals surface area contributed by atoms with E-state index in [4.69, 9.17) is 4.74 Å². The van der Waals surface area contributed by atoms with Gasteiger partial charge >= 0.3 is 0 Å². The van der Waals surface area contributed by atoms with Crippen molar-refractivity contribution in [3.8, 4) is 5.75 Å². The maximum Gasteiger partial charge on any atom is 0.137 e. The fourth-order valence-corrected chi connectivity index (χ4v) is 3.31. The Hall–Kier alpha value is -1.94. The predicted molar refractivity (Wildman–Crippen MR) is 89.0 cm³/mol. The van der Waals surface area contributed by atoms with E-state index in [1.165, 1.54) is 17.5 Å². The second-order valence-corrected chi connectivity index (χ2v) is 6.41. The minimum absolute atomic E-state index is 0.118. The number of methoxy groups -OCH3 is 1. The van der Waals surface area contributed by atoms with Crippen LogP contribution in [0.2, 0.25) is 0 Å². The zero-order valence-electron chi connectivity index (χ0n) is 13.8. The molecule has 1 aromatic carbocycles. The van der Waals surface area contributed by atoms with Gasteiger partial charge in [-0.3, -0.25) is 9.88 Å². The van der Waals surface area contributed by atoms with Crippen LogP contribution in [-0.2, 0) is 13.0 Å². The molecule has 0 aliphatic carbocycles. The number of benzene rings is 1. The van der Waals surface area contributed by atoms with Crippen LogP contribution in [0, 0.1) is 18.7 Å². The molecule has 2 heterocycles. The normalized spacial score (nSPS) is 18.3. The lowest BCUT2D eigenvalue weighted by molar-refractivity contribution is 0.315. The molecule has 0 N–H and O–H groups in total. The summed E-state index contributed by atoms with van der Waals surface area (Å²) in [5.41, 5.74) is 3.15. The Kier molecular flexibility index (Phi) is 4.91. The molecule has 0 saturated carbocycles. The van der Waals surface area contributed by atoms with Crippen LogP contribution in [0.1, 0.15) is 23.1 Å². The van der Waals surface area contributed by atoms with E-state index < -0.39 is 0 Å². The third-order valence-electron chi connectivity index (χ3n) is 4.53. The molecule has 0 spiro atoms. The van der Waals surface area contributed by atoms with Crippen molar-refractivity contribution in [2.45, 2.75) is 26.3 Å². The van der Waals surface area contributed by atoms with Gasteiger partial charge < -0.3 is 4.74 Å². The van der Waals surface area contributed by atoms with Gasteiger partial charge in [-0.05, 0) is 61.1 Å². The summed E-state index contributed by atoms with van der Waals surface area (Å²) in [7, 11) is 1.66. The molecule has 1 aromatic heterocycles. The van der Waals surface area contributed by atoms with Crippen molar-refractivity contribution < 1.29 is 9.13 Å². The number of ether oxygens (including phenoxy) is 1. The largest absolute Gasteiger partial charge is 0.495 e. The van der Waals surface area contributed by atoms with Gasteiger partial charge in [0.05, 0.1) is 13.3 Å². The minimum atomic E-state index is -0.118. The number of rotatable bonds is 5. The average molecular weight is 314 g/mol. The second kappa shape index (κ2) is 7.09. The number of aromatic nitrogens is 1. The van der Waals surface area contributed by atoms with Crippen LogP contribution in [0.3, 0.4) is 0 Å². The van der Waals surface area contributed by atoms with E-state index in [0.29, 0.717) is 5.92 Å². The van der Waals surface area contributed by atoms with Crippen LogP contribution in [0.5, 0.6) is 5.75 Å². The molecule has 2 aromatic rings. The molecule has 0 bridgehead atoms. The summed E-state index contributed by atoms with van der Waals surface area (Å²) in [6.45, 7) is 4.91.